The van der Waals surface area contributed by atoms with E-state index < -0.39 is 17.7 Å². The van der Waals surface area contributed by atoms with Crippen molar-refractivity contribution in [3.63, 3.8) is 0 Å². The van der Waals surface area contributed by atoms with Gasteiger partial charge in [0.1, 0.15) is 17.3 Å². The van der Waals surface area contributed by atoms with Crippen molar-refractivity contribution in [1.29, 1.82) is 0 Å². The third kappa shape index (κ3) is 5.24. The van der Waals surface area contributed by atoms with Gasteiger partial charge in [-0.25, -0.2) is 0 Å². The van der Waals surface area contributed by atoms with Crippen molar-refractivity contribution in [3.05, 3.63) is 83.7 Å². The Bertz CT molecular complexity index is 1400. The van der Waals surface area contributed by atoms with Crippen molar-refractivity contribution in [2.45, 2.75) is 19.9 Å². The molecule has 0 spiro atoms. The van der Waals surface area contributed by atoms with Crippen LogP contribution >= 0.6 is 0 Å². The van der Waals surface area contributed by atoms with Crippen LogP contribution in [0.3, 0.4) is 0 Å². The predicted octanol–water partition coefficient (Wildman–Crippen LogP) is 4.26. The minimum atomic E-state index is -0.849. The van der Waals surface area contributed by atoms with E-state index in [2.05, 4.69) is 21.8 Å². The number of pyridine rings is 1. The highest BCUT2D eigenvalue weighted by Gasteiger charge is 2.47. The van der Waals surface area contributed by atoms with E-state index >= 15 is 0 Å². The first-order valence-electron chi connectivity index (χ1n) is 13.6. The molecule has 1 unspecified atom stereocenters. The molecule has 208 valence electrons. The van der Waals surface area contributed by atoms with Crippen LogP contribution in [0.5, 0.6) is 11.5 Å². The molecule has 2 aromatic carbocycles. The van der Waals surface area contributed by atoms with E-state index in [-0.39, 0.29) is 11.3 Å². The summed E-state index contributed by atoms with van der Waals surface area (Å²) >= 11 is 0. The quantitative estimate of drug-likeness (QED) is 0.256. The predicted molar refractivity (Wildman–Crippen MR) is 154 cm³/mol. The summed E-state index contributed by atoms with van der Waals surface area (Å²) in [7, 11) is 2.11. The first kappa shape index (κ1) is 27.2. The van der Waals surface area contributed by atoms with Gasteiger partial charge in [0, 0.05) is 56.0 Å². The van der Waals surface area contributed by atoms with Gasteiger partial charge in [0.15, 0.2) is 0 Å². The summed E-state index contributed by atoms with van der Waals surface area (Å²) in [4.78, 5) is 37.3. The smallest absolute Gasteiger partial charge is 0.300 e. The average Bonchev–Trinajstić information content (AvgIpc) is 3.24. The maximum absolute atomic E-state index is 13.6. The van der Waals surface area contributed by atoms with Crippen LogP contribution in [0.2, 0.25) is 0 Å². The highest BCUT2D eigenvalue weighted by Crippen LogP contribution is 2.44. The van der Waals surface area contributed by atoms with Crippen LogP contribution in [0.25, 0.3) is 5.76 Å². The number of rotatable bonds is 8. The molecule has 1 aromatic heterocycles. The molecule has 1 amide bonds. The third-order valence-electron chi connectivity index (χ3n) is 7.28. The number of piperazine rings is 1. The van der Waals surface area contributed by atoms with Gasteiger partial charge in [-0.15, -0.1) is 0 Å². The van der Waals surface area contributed by atoms with Crippen molar-refractivity contribution in [2.24, 2.45) is 0 Å². The van der Waals surface area contributed by atoms with Gasteiger partial charge in [-0.2, -0.15) is 0 Å². The lowest BCUT2D eigenvalue weighted by Crippen LogP contribution is -2.44. The van der Waals surface area contributed by atoms with Crippen LogP contribution < -0.4 is 19.3 Å². The number of Topliss-reactive ketones (excluding diaryl/α,β-unsaturated/α-hetero) is 1. The molecule has 2 saturated heterocycles. The Kier molecular flexibility index (Phi) is 8.02. The van der Waals surface area contributed by atoms with Crippen LogP contribution in [-0.2, 0) is 9.59 Å². The zero-order valence-corrected chi connectivity index (χ0v) is 23.0. The van der Waals surface area contributed by atoms with E-state index in [1.807, 2.05) is 38.1 Å². The first-order valence-corrected chi connectivity index (χ1v) is 13.6. The molecule has 40 heavy (non-hydrogen) atoms. The van der Waals surface area contributed by atoms with Gasteiger partial charge in [0.05, 0.1) is 30.4 Å². The monoisotopic (exact) mass is 542 g/mol. The zero-order chi connectivity index (χ0) is 28.2. The highest BCUT2D eigenvalue weighted by molar-refractivity contribution is 6.51. The number of aliphatic hydroxyl groups excluding tert-OH is 1. The van der Waals surface area contributed by atoms with Gasteiger partial charge in [0.2, 0.25) is 0 Å². The largest absolute Gasteiger partial charge is 0.507 e. The summed E-state index contributed by atoms with van der Waals surface area (Å²) < 4.78 is 11.4. The molecule has 1 N–H and O–H groups in total. The number of amides is 1. The topological polar surface area (TPSA) is 95.4 Å². The number of hydrogen-bond donors (Lipinski definition) is 1. The number of nitrogens with zero attached hydrogens (tertiary/aromatic N) is 4. The molecule has 0 aliphatic carbocycles. The molecule has 3 heterocycles. The van der Waals surface area contributed by atoms with Gasteiger partial charge >= 0.3 is 0 Å². The number of aromatic nitrogens is 1. The Hall–Kier alpha value is -4.37. The maximum atomic E-state index is 13.6. The van der Waals surface area contributed by atoms with Crippen LogP contribution in [0.15, 0.2) is 72.6 Å². The maximum Gasteiger partial charge on any atom is 0.300 e. The van der Waals surface area contributed by atoms with Crippen LogP contribution in [0.4, 0.5) is 11.4 Å². The van der Waals surface area contributed by atoms with Crippen molar-refractivity contribution < 1.29 is 24.2 Å². The Morgan fingerprint density at radius 2 is 1.55 bits per heavy atom. The lowest BCUT2D eigenvalue weighted by molar-refractivity contribution is -0.132. The molecule has 9 heteroatoms. The van der Waals surface area contributed by atoms with Crippen molar-refractivity contribution >= 4 is 28.8 Å². The number of ether oxygens (including phenoxy) is 2. The minimum absolute atomic E-state index is 0.00976. The molecule has 1 atom stereocenters. The van der Waals surface area contributed by atoms with Crippen LogP contribution in [0, 0.1) is 0 Å². The fraction of sp³-hybridized carbons (Fsp3) is 0.323. The Morgan fingerprint density at radius 1 is 0.900 bits per heavy atom. The Balaban J connectivity index is 1.58. The van der Waals surface area contributed by atoms with E-state index in [9.17, 15) is 14.7 Å². The van der Waals surface area contributed by atoms with Crippen LogP contribution in [-0.4, -0.2) is 73.1 Å². The molecule has 0 bridgehead atoms. The third-order valence-corrected chi connectivity index (χ3v) is 7.28. The number of likely N-dealkylation sites (N-methyl/N-ethyl adjacent to an activating group) is 1. The molecular formula is C31H34N4O5. The van der Waals surface area contributed by atoms with E-state index in [0.29, 0.717) is 41.5 Å². The summed E-state index contributed by atoms with van der Waals surface area (Å²) in [6.45, 7) is 8.32. The molecular weight excluding hydrogens is 508 g/mol. The molecule has 0 saturated carbocycles. The Morgan fingerprint density at radius 3 is 2.20 bits per heavy atom. The van der Waals surface area contributed by atoms with Gasteiger partial charge in [-0.1, -0.05) is 0 Å². The number of aliphatic hydroxyl groups is 1. The summed E-state index contributed by atoms with van der Waals surface area (Å²) in [5.74, 6) is -0.835. The molecule has 3 aromatic rings. The molecule has 2 aliphatic rings. The summed E-state index contributed by atoms with van der Waals surface area (Å²) in [6.07, 6.45) is 3.21. The van der Waals surface area contributed by atoms with Gasteiger partial charge < -0.3 is 24.4 Å². The van der Waals surface area contributed by atoms with E-state index in [0.717, 1.165) is 31.9 Å². The number of hydrogen-bond acceptors (Lipinski definition) is 8. The number of anilines is 2. The van der Waals surface area contributed by atoms with E-state index in [4.69, 9.17) is 9.47 Å². The van der Waals surface area contributed by atoms with Crippen molar-refractivity contribution in [2.75, 3.05) is 56.2 Å². The first-order chi connectivity index (χ1) is 19.4. The van der Waals surface area contributed by atoms with Crippen molar-refractivity contribution in [3.8, 4) is 11.5 Å². The molecule has 9 nitrogen and oxygen atoms in total. The fourth-order valence-corrected chi connectivity index (χ4v) is 5.22. The van der Waals surface area contributed by atoms with Gasteiger partial charge in [-0.3, -0.25) is 19.5 Å². The summed E-state index contributed by atoms with van der Waals surface area (Å²) in [5.41, 5.74) is 2.59. The second kappa shape index (κ2) is 11.8. The number of benzene rings is 2. The average molecular weight is 543 g/mol. The second-order valence-corrected chi connectivity index (χ2v) is 9.78. The number of ketones is 1. The fourth-order valence-electron chi connectivity index (χ4n) is 5.22. The zero-order valence-electron chi connectivity index (χ0n) is 23.0. The van der Waals surface area contributed by atoms with Gasteiger partial charge in [-0.05, 0) is 75.0 Å². The minimum Gasteiger partial charge on any atom is -0.507 e. The normalized spacial score (nSPS) is 19.2. The van der Waals surface area contributed by atoms with Crippen molar-refractivity contribution in [1.82, 2.24) is 9.88 Å². The number of carbonyl (C=O) groups excluding carboxylic acids is 2. The lowest BCUT2D eigenvalue weighted by atomic mass is 9.95. The second-order valence-electron chi connectivity index (χ2n) is 9.78. The lowest BCUT2D eigenvalue weighted by Gasteiger charge is -2.34. The molecule has 2 aliphatic heterocycles. The standard InChI is InChI=1S/C31H34N4O5/c1-4-39-24-10-11-25(26(20-24)40-5-2)29(36)27-28(21-12-14-32-15-13-21)35(31(38)30(27)37)23-8-6-22(7-9-23)34-18-16-33(3)17-19-34/h6-15,20,28,36H,4-5,16-19H2,1-3H3/b29-27-. The summed E-state index contributed by atoms with van der Waals surface area (Å²) in [5, 5.41) is 11.6. The number of carbonyl (C=O) groups is 2. The molecule has 5 rings (SSSR count). The highest BCUT2D eigenvalue weighted by atomic mass is 16.5. The van der Waals surface area contributed by atoms with E-state index in [1.54, 1.807) is 42.7 Å². The Labute approximate surface area is 234 Å². The molecule has 0 radical (unpaired) electrons. The summed E-state index contributed by atoms with van der Waals surface area (Å²) in [6, 6.07) is 15.3. The van der Waals surface area contributed by atoms with E-state index in [1.165, 1.54) is 4.90 Å². The van der Waals surface area contributed by atoms with Crippen LogP contribution in [0.1, 0.15) is 31.0 Å². The SMILES string of the molecule is CCOc1ccc(/C(O)=C2/C(=O)C(=O)N(c3ccc(N4CCN(C)CC4)cc3)C2c2ccncc2)c(OCC)c1. The van der Waals surface area contributed by atoms with Gasteiger partial charge in [0.25, 0.3) is 11.7 Å². The molecule has 2 fully saturated rings.